The van der Waals surface area contributed by atoms with Gasteiger partial charge in [-0.05, 0) is 6.42 Å². The Morgan fingerprint density at radius 1 is 1.29 bits per heavy atom. The molecule has 17 heavy (non-hydrogen) atoms. The first-order chi connectivity index (χ1) is 7.95. The van der Waals surface area contributed by atoms with Gasteiger partial charge >= 0.3 is 0 Å². The minimum Gasteiger partial charge on any atom is -0.392 e. The third kappa shape index (κ3) is 3.62. The summed E-state index contributed by atoms with van der Waals surface area (Å²) >= 11 is 0. The molecule has 2 saturated heterocycles. The zero-order valence-corrected chi connectivity index (χ0v) is 11.0. The number of rotatable bonds is 3. The van der Waals surface area contributed by atoms with Gasteiger partial charge in [0.1, 0.15) is 0 Å². The topological polar surface area (TPSA) is 72.9 Å². The lowest BCUT2D eigenvalue weighted by atomic mass is 10.2. The molecule has 2 aliphatic rings. The molecule has 0 aromatic carbocycles. The van der Waals surface area contributed by atoms with E-state index in [4.69, 9.17) is 0 Å². The Balaban J connectivity index is 1.76. The highest BCUT2D eigenvalue weighted by Gasteiger charge is 2.27. The quantitative estimate of drug-likeness (QED) is 0.634. The number of aliphatic hydroxyl groups is 1. The van der Waals surface area contributed by atoms with E-state index >= 15 is 0 Å². The largest absolute Gasteiger partial charge is 0.392 e. The van der Waals surface area contributed by atoms with Crippen molar-refractivity contribution in [1.82, 2.24) is 14.5 Å². The highest BCUT2D eigenvalue weighted by molar-refractivity contribution is 7.88. The predicted molar refractivity (Wildman–Crippen MR) is 65.3 cm³/mol. The molecule has 100 valence electrons. The summed E-state index contributed by atoms with van der Waals surface area (Å²) in [6.45, 7) is 4.29. The fourth-order valence-electron chi connectivity index (χ4n) is 2.49. The molecule has 0 aromatic rings. The summed E-state index contributed by atoms with van der Waals surface area (Å²) in [7, 11) is -3.03. The van der Waals surface area contributed by atoms with Gasteiger partial charge in [0.05, 0.1) is 12.4 Å². The number of nitrogens with one attached hydrogen (secondary N) is 1. The van der Waals surface area contributed by atoms with E-state index in [0.29, 0.717) is 25.7 Å². The second kappa shape index (κ2) is 5.19. The van der Waals surface area contributed by atoms with E-state index < -0.39 is 10.0 Å². The van der Waals surface area contributed by atoms with Crippen LogP contribution in [0.3, 0.4) is 0 Å². The molecule has 6 nitrogen and oxygen atoms in total. The third-order valence-electron chi connectivity index (χ3n) is 3.48. The van der Waals surface area contributed by atoms with Crippen molar-refractivity contribution in [1.29, 1.82) is 0 Å². The van der Waals surface area contributed by atoms with Gasteiger partial charge in [0.2, 0.25) is 10.0 Å². The maximum Gasteiger partial charge on any atom is 0.211 e. The van der Waals surface area contributed by atoms with Crippen molar-refractivity contribution >= 4 is 10.0 Å². The highest BCUT2D eigenvalue weighted by atomic mass is 32.2. The van der Waals surface area contributed by atoms with Gasteiger partial charge < -0.3 is 10.4 Å². The molecule has 2 N–H and O–H groups in total. The van der Waals surface area contributed by atoms with Gasteiger partial charge in [0, 0.05) is 45.3 Å². The van der Waals surface area contributed by atoms with Crippen molar-refractivity contribution in [2.45, 2.75) is 18.6 Å². The Kier molecular flexibility index (Phi) is 4.04. The molecule has 0 spiro atoms. The summed E-state index contributed by atoms with van der Waals surface area (Å²) in [4.78, 5) is 2.26. The van der Waals surface area contributed by atoms with Crippen LogP contribution in [0.2, 0.25) is 0 Å². The maximum atomic E-state index is 11.3. The molecular weight excluding hydrogens is 242 g/mol. The van der Waals surface area contributed by atoms with E-state index in [0.717, 1.165) is 26.1 Å². The monoisotopic (exact) mass is 263 g/mol. The molecule has 0 aromatic heterocycles. The Morgan fingerprint density at radius 2 is 1.94 bits per heavy atom. The SMILES string of the molecule is CS(=O)(=O)N1CCN(CC2CC(O)CN2)CC1. The zero-order valence-electron chi connectivity index (χ0n) is 10.2. The van der Waals surface area contributed by atoms with Crippen LogP contribution in [-0.4, -0.2) is 80.4 Å². The Labute approximate surface area is 103 Å². The van der Waals surface area contributed by atoms with E-state index in [9.17, 15) is 13.5 Å². The molecule has 2 rings (SSSR count). The van der Waals surface area contributed by atoms with Crippen LogP contribution in [0.15, 0.2) is 0 Å². The Morgan fingerprint density at radius 3 is 2.41 bits per heavy atom. The summed E-state index contributed by atoms with van der Waals surface area (Å²) in [5, 5.41) is 12.7. The van der Waals surface area contributed by atoms with Crippen LogP contribution in [0.4, 0.5) is 0 Å². The Hall–Kier alpha value is -0.210. The van der Waals surface area contributed by atoms with Crippen molar-refractivity contribution in [2.75, 3.05) is 45.5 Å². The number of β-amino-alcohol motifs (C(OH)–C–C–N with tert-alkyl or cyclic N) is 1. The molecule has 0 aliphatic carbocycles. The van der Waals surface area contributed by atoms with Crippen LogP contribution >= 0.6 is 0 Å². The fourth-order valence-corrected chi connectivity index (χ4v) is 3.32. The number of hydrogen-bond acceptors (Lipinski definition) is 5. The number of aliphatic hydroxyl groups excluding tert-OH is 1. The van der Waals surface area contributed by atoms with Crippen molar-refractivity contribution in [3.8, 4) is 0 Å². The number of hydrogen-bond donors (Lipinski definition) is 2. The molecule has 0 saturated carbocycles. The smallest absolute Gasteiger partial charge is 0.211 e. The minimum atomic E-state index is -3.03. The standard InChI is InChI=1S/C10H21N3O3S/c1-17(15,16)13-4-2-12(3-5-13)8-9-6-10(14)7-11-9/h9-11,14H,2-8H2,1H3. The Bertz CT molecular complexity index is 352. The van der Waals surface area contributed by atoms with E-state index in [2.05, 4.69) is 10.2 Å². The summed E-state index contributed by atoms with van der Waals surface area (Å²) < 4.78 is 24.2. The first-order valence-electron chi connectivity index (χ1n) is 6.04. The van der Waals surface area contributed by atoms with Gasteiger partial charge in [-0.15, -0.1) is 0 Å². The molecule has 2 unspecified atom stereocenters. The molecule has 0 amide bonds. The summed E-state index contributed by atoms with van der Waals surface area (Å²) in [5.74, 6) is 0. The van der Waals surface area contributed by atoms with Gasteiger partial charge in [0.25, 0.3) is 0 Å². The average molecular weight is 263 g/mol. The minimum absolute atomic E-state index is 0.225. The summed E-state index contributed by atoms with van der Waals surface area (Å²) in [6.07, 6.45) is 1.83. The van der Waals surface area contributed by atoms with Gasteiger partial charge in [0.15, 0.2) is 0 Å². The lowest BCUT2D eigenvalue weighted by molar-refractivity contribution is 0.165. The predicted octanol–water partition coefficient (Wildman–Crippen LogP) is -1.71. The second-order valence-corrected chi connectivity index (χ2v) is 6.94. The summed E-state index contributed by atoms with van der Waals surface area (Å²) in [5.41, 5.74) is 0. The van der Waals surface area contributed by atoms with Gasteiger partial charge in [-0.25, -0.2) is 8.42 Å². The zero-order chi connectivity index (χ0) is 12.5. The first kappa shape index (κ1) is 13.2. The fraction of sp³-hybridized carbons (Fsp3) is 1.00. The molecule has 0 bridgehead atoms. The van der Waals surface area contributed by atoms with E-state index in [-0.39, 0.29) is 6.10 Å². The van der Waals surface area contributed by atoms with Crippen LogP contribution in [-0.2, 0) is 10.0 Å². The maximum absolute atomic E-state index is 11.3. The van der Waals surface area contributed by atoms with Crippen LogP contribution in [0.1, 0.15) is 6.42 Å². The number of nitrogens with zero attached hydrogens (tertiary/aromatic N) is 2. The normalized spacial score (nSPS) is 33.1. The lowest BCUT2D eigenvalue weighted by Gasteiger charge is -2.34. The molecule has 7 heteroatoms. The van der Waals surface area contributed by atoms with Crippen molar-refractivity contribution < 1.29 is 13.5 Å². The van der Waals surface area contributed by atoms with E-state index in [1.807, 2.05) is 0 Å². The number of piperazine rings is 1. The summed E-state index contributed by atoms with van der Waals surface area (Å²) in [6, 6.07) is 0.342. The first-order valence-corrected chi connectivity index (χ1v) is 7.89. The van der Waals surface area contributed by atoms with Crippen LogP contribution < -0.4 is 5.32 Å². The second-order valence-electron chi connectivity index (χ2n) is 4.96. The van der Waals surface area contributed by atoms with Gasteiger partial charge in [-0.1, -0.05) is 0 Å². The highest BCUT2D eigenvalue weighted by Crippen LogP contribution is 2.11. The lowest BCUT2D eigenvalue weighted by Crippen LogP contribution is -2.51. The molecule has 2 heterocycles. The molecule has 0 radical (unpaired) electrons. The van der Waals surface area contributed by atoms with Gasteiger partial charge in [-0.2, -0.15) is 4.31 Å². The van der Waals surface area contributed by atoms with Crippen LogP contribution in [0, 0.1) is 0 Å². The van der Waals surface area contributed by atoms with Gasteiger partial charge in [-0.3, -0.25) is 4.90 Å². The van der Waals surface area contributed by atoms with E-state index in [1.54, 1.807) is 0 Å². The van der Waals surface area contributed by atoms with E-state index in [1.165, 1.54) is 10.6 Å². The third-order valence-corrected chi connectivity index (χ3v) is 4.78. The van der Waals surface area contributed by atoms with Crippen LogP contribution in [0.25, 0.3) is 0 Å². The molecular formula is C10H21N3O3S. The van der Waals surface area contributed by atoms with Crippen molar-refractivity contribution in [3.63, 3.8) is 0 Å². The molecule has 2 atom stereocenters. The van der Waals surface area contributed by atoms with Crippen molar-refractivity contribution in [2.24, 2.45) is 0 Å². The molecule has 2 aliphatic heterocycles. The van der Waals surface area contributed by atoms with Crippen LogP contribution in [0.5, 0.6) is 0 Å². The number of sulfonamides is 1. The molecule has 2 fully saturated rings. The van der Waals surface area contributed by atoms with Crippen molar-refractivity contribution in [3.05, 3.63) is 0 Å². The average Bonchev–Trinajstić information content (AvgIpc) is 2.63.